The number of likely N-dealkylation sites (tertiary alicyclic amines) is 2. The van der Waals surface area contributed by atoms with Crippen molar-refractivity contribution in [3.63, 3.8) is 0 Å². The zero-order chi connectivity index (χ0) is 21.2. The second kappa shape index (κ2) is 8.04. The van der Waals surface area contributed by atoms with Gasteiger partial charge in [0.2, 0.25) is 5.91 Å². The normalized spacial score (nSPS) is 22.1. The first-order valence-corrected chi connectivity index (χ1v) is 9.32. The van der Waals surface area contributed by atoms with E-state index in [2.05, 4.69) is 11.3 Å². The second-order valence-electron chi connectivity index (χ2n) is 7.59. The zero-order valence-electron chi connectivity index (χ0n) is 15.8. The van der Waals surface area contributed by atoms with E-state index >= 15 is 0 Å². The number of piperidine rings is 1. The van der Waals surface area contributed by atoms with Crippen molar-refractivity contribution in [1.29, 1.82) is 0 Å². The van der Waals surface area contributed by atoms with Crippen LogP contribution in [0.25, 0.3) is 0 Å². The van der Waals surface area contributed by atoms with E-state index in [-0.39, 0.29) is 16.9 Å². The molecule has 9 heteroatoms. The number of ether oxygens (including phenoxy) is 1. The largest absolute Gasteiger partial charge is 0.481 e. The van der Waals surface area contributed by atoms with E-state index in [1.165, 1.54) is 12.1 Å². The van der Waals surface area contributed by atoms with E-state index in [4.69, 9.17) is 0 Å². The Bertz CT molecular complexity index is 811. The second-order valence-corrected chi connectivity index (χ2v) is 7.59. The Labute approximate surface area is 165 Å². The summed E-state index contributed by atoms with van der Waals surface area (Å²) in [6.07, 6.45) is -0.847. The van der Waals surface area contributed by atoms with Crippen LogP contribution in [0.1, 0.15) is 29.6 Å². The van der Waals surface area contributed by atoms with E-state index in [1.54, 1.807) is 9.80 Å². The molecule has 0 bridgehead atoms. The lowest BCUT2D eigenvalue weighted by molar-refractivity contribution is -0.153. The van der Waals surface area contributed by atoms with Gasteiger partial charge < -0.3 is 14.5 Å². The summed E-state index contributed by atoms with van der Waals surface area (Å²) < 4.78 is 55.2. The summed E-state index contributed by atoms with van der Waals surface area (Å²) in [6, 6.07) is 3.19. The summed E-state index contributed by atoms with van der Waals surface area (Å²) in [6.45, 7) is 4.03. The molecule has 2 aliphatic heterocycles. The van der Waals surface area contributed by atoms with Gasteiger partial charge in [-0.05, 0) is 43.5 Å². The Morgan fingerprint density at radius 1 is 1.17 bits per heavy atom. The summed E-state index contributed by atoms with van der Waals surface area (Å²) in [5.41, 5.74) is -0.144. The fourth-order valence-electron chi connectivity index (χ4n) is 4.06. The Kier molecular flexibility index (Phi) is 5.86. The number of alkyl halides is 3. The van der Waals surface area contributed by atoms with Crippen LogP contribution in [0, 0.1) is 11.2 Å². The van der Waals surface area contributed by atoms with Gasteiger partial charge in [0.25, 0.3) is 5.91 Å². The smallest absolute Gasteiger partial charge is 0.422 e. The maximum Gasteiger partial charge on any atom is 0.422 e. The molecule has 2 amide bonds. The molecule has 2 aliphatic rings. The van der Waals surface area contributed by atoms with Crippen LogP contribution in [-0.4, -0.2) is 60.6 Å². The predicted octanol–water partition coefficient (Wildman–Crippen LogP) is 3.41. The number of carbonyl (C=O) groups excluding carboxylic acids is 2. The van der Waals surface area contributed by atoms with Crippen LogP contribution in [0.4, 0.5) is 17.6 Å². The third-order valence-electron chi connectivity index (χ3n) is 5.44. The number of carbonyl (C=O) groups is 2. The Morgan fingerprint density at radius 2 is 1.90 bits per heavy atom. The molecule has 2 heterocycles. The molecule has 2 saturated heterocycles. The fourth-order valence-corrected chi connectivity index (χ4v) is 4.06. The highest BCUT2D eigenvalue weighted by Crippen LogP contribution is 2.39. The molecule has 0 aliphatic carbocycles. The fraction of sp³-hybridized carbons (Fsp3) is 0.500. The minimum atomic E-state index is -4.58. The standard InChI is InChI=1S/C20H22F4N2O3/c1-2-17(27)25-8-3-6-19(11-25)7-9-26(12-19)18(28)14-4-5-16(15(21)10-14)29-13-20(22,23)24/h2,4-5,10H,1,3,6-9,11-13H2. The number of rotatable bonds is 4. The predicted molar refractivity (Wildman–Crippen MR) is 96.9 cm³/mol. The van der Waals surface area contributed by atoms with Crippen molar-refractivity contribution in [2.45, 2.75) is 25.4 Å². The Balaban J connectivity index is 1.66. The topological polar surface area (TPSA) is 49.9 Å². The van der Waals surface area contributed by atoms with Gasteiger partial charge in [0, 0.05) is 37.2 Å². The van der Waals surface area contributed by atoms with Crippen LogP contribution in [0.15, 0.2) is 30.9 Å². The van der Waals surface area contributed by atoms with E-state index in [9.17, 15) is 27.2 Å². The molecular weight excluding hydrogens is 392 g/mol. The first-order valence-electron chi connectivity index (χ1n) is 9.32. The highest BCUT2D eigenvalue weighted by molar-refractivity contribution is 5.94. The first-order chi connectivity index (χ1) is 13.6. The van der Waals surface area contributed by atoms with Crippen molar-refractivity contribution >= 4 is 11.8 Å². The van der Waals surface area contributed by atoms with Crippen LogP contribution >= 0.6 is 0 Å². The highest BCUT2D eigenvalue weighted by Gasteiger charge is 2.43. The molecule has 158 valence electrons. The van der Waals surface area contributed by atoms with Crippen molar-refractivity contribution < 1.29 is 31.9 Å². The number of halogens is 4. The molecule has 2 fully saturated rings. The maximum atomic E-state index is 14.1. The Morgan fingerprint density at radius 3 is 2.55 bits per heavy atom. The number of amides is 2. The average Bonchev–Trinajstić information content (AvgIpc) is 3.08. The maximum absolute atomic E-state index is 14.1. The van der Waals surface area contributed by atoms with Gasteiger partial charge in [0.15, 0.2) is 18.2 Å². The molecule has 29 heavy (non-hydrogen) atoms. The van der Waals surface area contributed by atoms with E-state index in [0.29, 0.717) is 26.2 Å². The van der Waals surface area contributed by atoms with Crippen molar-refractivity contribution in [2.75, 3.05) is 32.8 Å². The van der Waals surface area contributed by atoms with Gasteiger partial charge in [-0.25, -0.2) is 4.39 Å². The summed E-state index contributed by atoms with van der Waals surface area (Å²) in [7, 11) is 0. The molecule has 1 atom stereocenters. The number of benzene rings is 1. The van der Waals surface area contributed by atoms with Crippen LogP contribution in [0.5, 0.6) is 5.75 Å². The Hall–Kier alpha value is -2.58. The minimum Gasteiger partial charge on any atom is -0.481 e. The van der Waals surface area contributed by atoms with Gasteiger partial charge in [0.1, 0.15) is 0 Å². The molecule has 0 radical (unpaired) electrons. The lowest BCUT2D eigenvalue weighted by atomic mass is 9.79. The SMILES string of the molecule is C=CC(=O)N1CCCC2(CCN(C(=O)c3ccc(OCC(F)(F)F)c(F)c3)C2)C1. The lowest BCUT2D eigenvalue weighted by Crippen LogP contribution is -2.47. The van der Waals surface area contributed by atoms with Gasteiger partial charge >= 0.3 is 6.18 Å². The lowest BCUT2D eigenvalue weighted by Gasteiger charge is -2.40. The van der Waals surface area contributed by atoms with Crippen molar-refractivity contribution in [2.24, 2.45) is 5.41 Å². The summed E-state index contributed by atoms with van der Waals surface area (Å²) in [4.78, 5) is 28.0. The van der Waals surface area contributed by atoms with Gasteiger partial charge in [-0.1, -0.05) is 6.58 Å². The van der Waals surface area contributed by atoms with Crippen LogP contribution < -0.4 is 4.74 Å². The van der Waals surface area contributed by atoms with Crippen molar-refractivity contribution in [1.82, 2.24) is 9.80 Å². The molecular formula is C20H22F4N2O3. The molecule has 0 saturated carbocycles. The quantitative estimate of drug-likeness (QED) is 0.561. The van der Waals surface area contributed by atoms with E-state index < -0.39 is 30.3 Å². The zero-order valence-corrected chi connectivity index (χ0v) is 15.8. The molecule has 1 aromatic carbocycles. The molecule has 1 aromatic rings. The summed E-state index contributed by atoms with van der Waals surface area (Å²) in [5.74, 6) is -2.10. The monoisotopic (exact) mass is 414 g/mol. The number of hydrogen-bond donors (Lipinski definition) is 0. The summed E-state index contributed by atoms with van der Waals surface area (Å²) in [5, 5.41) is 0. The average molecular weight is 414 g/mol. The van der Waals surface area contributed by atoms with E-state index in [0.717, 1.165) is 31.4 Å². The highest BCUT2D eigenvalue weighted by atomic mass is 19.4. The van der Waals surface area contributed by atoms with Crippen LogP contribution in [0.3, 0.4) is 0 Å². The molecule has 5 nitrogen and oxygen atoms in total. The third-order valence-corrected chi connectivity index (χ3v) is 5.44. The van der Waals surface area contributed by atoms with Gasteiger partial charge in [-0.2, -0.15) is 13.2 Å². The van der Waals surface area contributed by atoms with Crippen LogP contribution in [0.2, 0.25) is 0 Å². The van der Waals surface area contributed by atoms with Crippen molar-refractivity contribution in [3.05, 3.63) is 42.2 Å². The van der Waals surface area contributed by atoms with Crippen molar-refractivity contribution in [3.8, 4) is 5.75 Å². The molecule has 1 unspecified atom stereocenters. The van der Waals surface area contributed by atoms with Crippen LogP contribution in [-0.2, 0) is 4.79 Å². The number of nitrogens with zero attached hydrogens (tertiary/aromatic N) is 2. The van der Waals surface area contributed by atoms with E-state index in [1.807, 2.05) is 0 Å². The van der Waals surface area contributed by atoms with Gasteiger partial charge in [-0.15, -0.1) is 0 Å². The van der Waals surface area contributed by atoms with Gasteiger partial charge in [-0.3, -0.25) is 9.59 Å². The molecule has 0 aromatic heterocycles. The number of hydrogen-bond acceptors (Lipinski definition) is 3. The minimum absolute atomic E-state index is 0.0498. The first kappa shape index (κ1) is 21.1. The third kappa shape index (κ3) is 4.89. The molecule has 3 rings (SSSR count). The summed E-state index contributed by atoms with van der Waals surface area (Å²) >= 11 is 0. The molecule has 0 N–H and O–H groups in total. The molecule has 1 spiro atoms. The van der Waals surface area contributed by atoms with Gasteiger partial charge in [0.05, 0.1) is 0 Å².